The first kappa shape index (κ1) is 29.2. The van der Waals surface area contributed by atoms with E-state index in [-0.39, 0.29) is 11.8 Å². The van der Waals surface area contributed by atoms with Gasteiger partial charge in [0.15, 0.2) is 0 Å². The minimum atomic E-state index is -0.615. The Morgan fingerprint density at radius 3 is 2.14 bits per heavy atom. The van der Waals surface area contributed by atoms with Gasteiger partial charge in [-0.2, -0.15) is 0 Å². The first-order chi connectivity index (χ1) is 17.1. The molecule has 2 N–H and O–H groups in total. The zero-order valence-electron chi connectivity index (χ0n) is 23.9. The maximum atomic E-state index is 13.1. The maximum absolute atomic E-state index is 13.1. The van der Waals surface area contributed by atoms with E-state index in [4.69, 9.17) is 14.0 Å². The summed E-state index contributed by atoms with van der Waals surface area (Å²) in [6.07, 6.45) is 4.64. The summed E-state index contributed by atoms with van der Waals surface area (Å²) in [6.45, 7) is 19.3. The number of alkyl carbamates (subject to hydrolysis) is 1. The van der Waals surface area contributed by atoms with Gasteiger partial charge in [-0.25, -0.2) is 14.8 Å². The minimum Gasteiger partial charge on any atom is -0.444 e. The van der Waals surface area contributed by atoms with Gasteiger partial charge in [-0.05, 0) is 73.1 Å². The molecule has 2 aliphatic heterocycles. The van der Waals surface area contributed by atoms with Crippen molar-refractivity contribution in [1.29, 1.82) is 0 Å². The highest BCUT2D eigenvalue weighted by Crippen LogP contribution is 2.36. The van der Waals surface area contributed by atoms with E-state index in [0.29, 0.717) is 25.0 Å². The lowest BCUT2D eigenvalue weighted by Crippen LogP contribution is -2.53. The molecule has 0 spiro atoms. The molecule has 11 heteroatoms. The van der Waals surface area contributed by atoms with Crippen molar-refractivity contribution >= 4 is 30.5 Å². The van der Waals surface area contributed by atoms with E-state index in [1.807, 2.05) is 46.4 Å². The van der Waals surface area contributed by atoms with Gasteiger partial charge >= 0.3 is 13.2 Å². The summed E-state index contributed by atoms with van der Waals surface area (Å²) in [5.41, 5.74) is -0.649. The van der Waals surface area contributed by atoms with Crippen molar-refractivity contribution in [2.75, 3.05) is 25.0 Å². The number of carbonyl (C=O) groups is 2. The van der Waals surface area contributed by atoms with Gasteiger partial charge in [-0.15, -0.1) is 0 Å². The largest absolute Gasteiger partial charge is 0.498 e. The van der Waals surface area contributed by atoms with E-state index in [2.05, 4.69) is 20.6 Å². The molecule has 2 fully saturated rings. The van der Waals surface area contributed by atoms with Crippen molar-refractivity contribution in [2.24, 2.45) is 11.8 Å². The lowest BCUT2D eigenvalue weighted by molar-refractivity contribution is -0.136. The predicted molar refractivity (Wildman–Crippen MR) is 144 cm³/mol. The molecule has 0 radical (unpaired) electrons. The number of anilines is 1. The van der Waals surface area contributed by atoms with Gasteiger partial charge in [-0.3, -0.25) is 4.79 Å². The Morgan fingerprint density at radius 1 is 1.11 bits per heavy atom. The molecule has 10 nitrogen and oxygen atoms in total. The molecular weight excluding hydrogens is 473 g/mol. The molecule has 1 aromatic heterocycles. The summed E-state index contributed by atoms with van der Waals surface area (Å²) >= 11 is 0. The quantitative estimate of drug-likeness (QED) is 0.531. The Hall–Kier alpha value is -2.40. The van der Waals surface area contributed by atoms with Crippen LogP contribution in [0.15, 0.2) is 12.4 Å². The summed E-state index contributed by atoms with van der Waals surface area (Å²) in [6, 6.07) is -0.611. The molecule has 3 rings (SSSR count). The van der Waals surface area contributed by atoms with Crippen molar-refractivity contribution in [1.82, 2.24) is 20.2 Å². The van der Waals surface area contributed by atoms with Gasteiger partial charge in [0.25, 0.3) is 0 Å². The van der Waals surface area contributed by atoms with E-state index >= 15 is 0 Å². The number of nitrogens with one attached hydrogen (secondary N) is 2. The minimum absolute atomic E-state index is 0.0447. The third-order valence-corrected chi connectivity index (χ3v) is 7.28. The lowest BCUT2D eigenvalue weighted by Gasteiger charge is -2.35. The molecule has 2 amide bonds. The molecule has 37 heavy (non-hydrogen) atoms. The van der Waals surface area contributed by atoms with E-state index in [9.17, 15) is 9.59 Å². The fourth-order valence-corrected chi connectivity index (χ4v) is 4.27. The summed E-state index contributed by atoms with van der Waals surface area (Å²) in [4.78, 5) is 36.1. The number of rotatable bonds is 7. The molecule has 0 saturated carbocycles. The molecule has 206 valence electrons. The van der Waals surface area contributed by atoms with Crippen LogP contribution in [0.5, 0.6) is 0 Å². The van der Waals surface area contributed by atoms with Crippen LogP contribution in [0, 0.1) is 11.8 Å². The molecular formula is C26H44BN5O5. The Labute approximate surface area is 221 Å². The van der Waals surface area contributed by atoms with E-state index < -0.39 is 36.1 Å². The normalized spacial score (nSPS) is 20.6. The standard InChI is InChI=1S/C26H44BN5O5/c1-17(2)20(31-23(34)35-24(3,4)5)21(33)32-12-10-18(11-13-32)14-28-22-29-15-19(16-30-22)27-36-25(6,7)26(8,9)37-27/h15-18,20H,10-14H2,1-9H3,(H,31,34)(H,28,29,30)/t20-/m1/s1. The summed E-state index contributed by atoms with van der Waals surface area (Å²) < 4.78 is 17.5. The number of carbonyl (C=O) groups excluding carboxylic acids is 2. The number of hydrogen-bond acceptors (Lipinski definition) is 8. The summed E-state index contributed by atoms with van der Waals surface area (Å²) in [5.74, 6) is 0.845. The van der Waals surface area contributed by atoms with Crippen LogP contribution in [0.2, 0.25) is 0 Å². The lowest BCUT2D eigenvalue weighted by atomic mass is 9.81. The monoisotopic (exact) mass is 517 g/mol. The SMILES string of the molecule is CC(C)[C@@H](NC(=O)OC(C)(C)C)C(=O)N1CCC(CNc2ncc(B3OC(C)(C)C(C)(C)O3)cn2)CC1. The molecule has 2 aliphatic rings. The van der Waals surface area contributed by atoms with E-state index in [1.165, 1.54) is 0 Å². The van der Waals surface area contributed by atoms with Crippen molar-refractivity contribution in [2.45, 2.75) is 98.0 Å². The summed E-state index contributed by atoms with van der Waals surface area (Å²) in [7, 11) is -0.486. The Morgan fingerprint density at radius 2 is 1.65 bits per heavy atom. The van der Waals surface area contributed by atoms with Gasteiger partial charge in [-0.1, -0.05) is 13.8 Å². The predicted octanol–water partition coefficient (Wildman–Crippen LogP) is 2.98. The van der Waals surface area contributed by atoms with Crippen LogP contribution in [0.25, 0.3) is 0 Å². The Kier molecular flexibility index (Phi) is 8.79. The molecule has 0 aliphatic carbocycles. The van der Waals surface area contributed by atoms with Crippen molar-refractivity contribution in [3.63, 3.8) is 0 Å². The highest BCUT2D eigenvalue weighted by molar-refractivity contribution is 6.61. The van der Waals surface area contributed by atoms with Crippen LogP contribution < -0.4 is 16.1 Å². The molecule has 2 saturated heterocycles. The summed E-state index contributed by atoms with van der Waals surface area (Å²) in [5, 5.41) is 6.08. The third-order valence-electron chi connectivity index (χ3n) is 7.28. The molecule has 0 bridgehead atoms. The second-order valence-corrected chi connectivity index (χ2v) is 12.4. The van der Waals surface area contributed by atoms with Crippen molar-refractivity contribution in [3.8, 4) is 0 Å². The van der Waals surface area contributed by atoms with Gasteiger partial charge in [0.1, 0.15) is 11.6 Å². The number of amides is 2. The van der Waals surface area contributed by atoms with E-state index in [1.54, 1.807) is 33.2 Å². The van der Waals surface area contributed by atoms with Gasteiger partial charge < -0.3 is 29.6 Å². The number of nitrogens with zero attached hydrogens (tertiary/aromatic N) is 3. The van der Waals surface area contributed by atoms with Gasteiger partial charge in [0, 0.05) is 37.5 Å². The Balaban J connectivity index is 1.46. The highest BCUT2D eigenvalue weighted by atomic mass is 16.7. The van der Waals surface area contributed by atoms with Crippen LogP contribution in [-0.4, -0.2) is 76.5 Å². The number of hydrogen-bond donors (Lipinski definition) is 2. The Bertz CT molecular complexity index is 924. The van der Waals surface area contributed by atoms with Crippen LogP contribution in [0.3, 0.4) is 0 Å². The van der Waals surface area contributed by atoms with Crippen molar-refractivity contribution < 1.29 is 23.6 Å². The van der Waals surface area contributed by atoms with Crippen LogP contribution in [0.4, 0.5) is 10.7 Å². The van der Waals surface area contributed by atoms with Crippen LogP contribution in [-0.2, 0) is 18.8 Å². The maximum Gasteiger partial charge on any atom is 0.498 e. The van der Waals surface area contributed by atoms with Gasteiger partial charge in [0.05, 0.1) is 11.2 Å². The average molecular weight is 517 g/mol. The van der Waals surface area contributed by atoms with Crippen molar-refractivity contribution in [3.05, 3.63) is 12.4 Å². The van der Waals surface area contributed by atoms with Gasteiger partial charge in [0.2, 0.25) is 11.9 Å². The molecule has 0 unspecified atom stereocenters. The molecule has 1 atom stereocenters. The molecule has 1 aromatic rings. The second kappa shape index (κ2) is 11.1. The van der Waals surface area contributed by atoms with Crippen LogP contribution in [0.1, 0.15) is 75.2 Å². The van der Waals surface area contributed by atoms with E-state index in [0.717, 1.165) is 24.8 Å². The fraction of sp³-hybridized carbons (Fsp3) is 0.769. The fourth-order valence-electron chi connectivity index (χ4n) is 4.27. The first-order valence-corrected chi connectivity index (χ1v) is 13.3. The van der Waals surface area contributed by atoms with Crippen LogP contribution >= 0.6 is 0 Å². The second-order valence-electron chi connectivity index (χ2n) is 12.4. The zero-order chi connectivity index (χ0) is 27.6. The zero-order valence-corrected chi connectivity index (χ0v) is 23.9. The average Bonchev–Trinajstić information content (AvgIpc) is 3.01. The topological polar surface area (TPSA) is 115 Å². The third kappa shape index (κ3) is 7.57. The number of likely N-dealkylation sites (tertiary alicyclic amines) is 1. The number of aromatic nitrogens is 2. The number of ether oxygens (including phenoxy) is 1. The molecule has 0 aromatic carbocycles. The molecule has 3 heterocycles. The smallest absolute Gasteiger partial charge is 0.444 e. The first-order valence-electron chi connectivity index (χ1n) is 13.3. The highest BCUT2D eigenvalue weighted by Gasteiger charge is 2.52. The number of piperidine rings is 1.